The van der Waals surface area contributed by atoms with Crippen molar-refractivity contribution in [2.75, 3.05) is 14.2 Å². The maximum atomic E-state index is 14.2. The minimum absolute atomic E-state index is 0.0651. The molecule has 6 N–H and O–H groups in total. The van der Waals surface area contributed by atoms with E-state index in [4.69, 9.17) is 14.0 Å². The third kappa shape index (κ3) is 15.1. The molecule has 1 heterocycles. The van der Waals surface area contributed by atoms with E-state index in [-0.39, 0.29) is 19.3 Å². The summed E-state index contributed by atoms with van der Waals surface area (Å²) in [4.78, 5) is 77.7. The number of phosphoric acid groups is 1. The van der Waals surface area contributed by atoms with Gasteiger partial charge in [0.05, 0.1) is 24.9 Å². The van der Waals surface area contributed by atoms with Crippen LogP contribution in [0.1, 0.15) is 66.0 Å². The number of amides is 4. The third-order valence-electron chi connectivity index (χ3n) is 9.32. The van der Waals surface area contributed by atoms with Gasteiger partial charge in [-0.15, -0.1) is 0 Å². The van der Waals surface area contributed by atoms with E-state index in [1.165, 1.54) is 21.1 Å². The minimum atomic E-state index is -5.07. The summed E-state index contributed by atoms with van der Waals surface area (Å²) >= 11 is 0. The quantitative estimate of drug-likeness (QED) is 0.0688. The van der Waals surface area contributed by atoms with Crippen LogP contribution >= 0.6 is 7.82 Å². The summed E-state index contributed by atoms with van der Waals surface area (Å²) in [5.74, 6) is -1.19. The number of alkyl carbamates (subject to hydrolysis) is 1. The summed E-state index contributed by atoms with van der Waals surface area (Å²) in [7, 11) is -2.58. The van der Waals surface area contributed by atoms with Crippen molar-refractivity contribution in [2.45, 2.75) is 104 Å². The van der Waals surface area contributed by atoms with Gasteiger partial charge in [-0.3, -0.25) is 24.0 Å². The average Bonchev–Trinajstić information content (AvgIpc) is 3.12. The van der Waals surface area contributed by atoms with Crippen LogP contribution in [0.2, 0.25) is 0 Å². The second kappa shape index (κ2) is 20.7. The standard InChI is InChI=1S/C41H58N5O11P/c1-26(57-58(52,53)54)56-33(32(24-27-15-11-10-12-16-27)44-37(48)35(41(5,6)7)46(8)39(50)51)25-30(43-36(47)34(40(2,3)4)45-38(49)55-9)23-28-18-20-29(21-19-28)31-17-13-14-22-42-31/h10-22,26,30,32-35H,23-25H2,1-9H3,(H,43,47)(H,44,48)(H,45,49)(H,50,51)(H2,52,53,54)/t26?,30-,32-,33-,34+,35+/m0/s1. The Hall–Kier alpha value is -4.86. The average molecular weight is 828 g/mol. The number of hydrogen-bond donors (Lipinski definition) is 6. The number of methoxy groups -OCH3 is 1. The molecule has 0 saturated carbocycles. The Labute approximate surface area is 340 Å². The number of carboxylic acid groups (broad SMARTS) is 1. The summed E-state index contributed by atoms with van der Waals surface area (Å²) in [6.07, 6.45) is -2.82. The summed E-state index contributed by atoms with van der Waals surface area (Å²) in [6, 6.07) is 18.2. The number of likely N-dealkylation sites (N-methyl/N-ethyl adjacent to an activating group) is 1. The van der Waals surface area contributed by atoms with Crippen LogP contribution in [-0.2, 0) is 41.0 Å². The van der Waals surface area contributed by atoms with E-state index in [9.17, 15) is 38.6 Å². The Morgan fingerprint density at radius 2 is 1.41 bits per heavy atom. The summed E-state index contributed by atoms with van der Waals surface area (Å²) in [5, 5.41) is 18.6. The third-order valence-corrected chi connectivity index (χ3v) is 9.89. The van der Waals surface area contributed by atoms with Gasteiger partial charge in [0, 0.05) is 24.8 Å². The van der Waals surface area contributed by atoms with Crippen LogP contribution in [0.5, 0.6) is 0 Å². The lowest BCUT2D eigenvalue weighted by Gasteiger charge is -2.38. The fourth-order valence-corrected chi connectivity index (χ4v) is 7.12. The molecular formula is C41H58N5O11P. The molecule has 58 heavy (non-hydrogen) atoms. The molecule has 0 saturated heterocycles. The number of aromatic nitrogens is 1. The van der Waals surface area contributed by atoms with Gasteiger partial charge in [-0.1, -0.05) is 102 Å². The highest BCUT2D eigenvalue weighted by molar-refractivity contribution is 7.46. The molecule has 0 radical (unpaired) electrons. The zero-order valence-electron chi connectivity index (χ0n) is 34.5. The summed E-state index contributed by atoms with van der Waals surface area (Å²) in [5.41, 5.74) is 1.51. The maximum absolute atomic E-state index is 14.2. The lowest BCUT2D eigenvalue weighted by molar-refractivity contribution is -0.143. The summed E-state index contributed by atoms with van der Waals surface area (Å²) in [6.45, 7) is 11.8. The van der Waals surface area contributed by atoms with Gasteiger partial charge < -0.3 is 40.3 Å². The van der Waals surface area contributed by atoms with Crippen molar-refractivity contribution in [1.82, 2.24) is 25.8 Å². The molecule has 3 aromatic rings. The Morgan fingerprint density at radius 3 is 1.93 bits per heavy atom. The molecule has 1 aromatic heterocycles. The van der Waals surface area contributed by atoms with Crippen LogP contribution in [0.3, 0.4) is 0 Å². The normalized spacial score (nSPS) is 15.2. The fourth-order valence-electron chi connectivity index (χ4n) is 6.68. The number of nitrogens with zero attached hydrogens (tertiary/aromatic N) is 2. The van der Waals surface area contributed by atoms with Crippen molar-refractivity contribution in [3.8, 4) is 11.3 Å². The largest absolute Gasteiger partial charge is 0.471 e. The Balaban J connectivity index is 2.17. The van der Waals surface area contributed by atoms with E-state index in [0.717, 1.165) is 27.3 Å². The molecule has 16 nitrogen and oxygen atoms in total. The van der Waals surface area contributed by atoms with Gasteiger partial charge in [-0.2, -0.15) is 0 Å². The molecule has 0 aliphatic heterocycles. The van der Waals surface area contributed by atoms with Crippen LogP contribution < -0.4 is 16.0 Å². The van der Waals surface area contributed by atoms with Crippen molar-refractivity contribution < 1.29 is 52.6 Å². The molecule has 17 heteroatoms. The number of rotatable bonds is 18. The van der Waals surface area contributed by atoms with E-state index in [1.54, 1.807) is 59.9 Å². The van der Waals surface area contributed by atoms with Crippen molar-refractivity contribution >= 4 is 31.8 Å². The van der Waals surface area contributed by atoms with Gasteiger partial charge in [0.15, 0.2) is 6.29 Å². The van der Waals surface area contributed by atoms with Gasteiger partial charge in [-0.25, -0.2) is 14.2 Å². The first kappa shape index (κ1) is 47.5. The second-order valence-corrected chi connectivity index (χ2v) is 17.5. The molecule has 2 aromatic carbocycles. The molecular weight excluding hydrogens is 769 g/mol. The van der Waals surface area contributed by atoms with Crippen LogP contribution in [-0.4, -0.2) is 99.5 Å². The first-order valence-electron chi connectivity index (χ1n) is 18.8. The zero-order chi connectivity index (χ0) is 43.4. The van der Waals surface area contributed by atoms with E-state index >= 15 is 0 Å². The Bertz CT molecular complexity index is 1850. The van der Waals surface area contributed by atoms with E-state index < -0.39 is 79.2 Å². The van der Waals surface area contributed by atoms with Crippen LogP contribution in [0, 0.1) is 10.8 Å². The molecule has 0 aliphatic rings. The highest BCUT2D eigenvalue weighted by atomic mass is 31.2. The molecule has 1 unspecified atom stereocenters. The monoisotopic (exact) mass is 827 g/mol. The van der Waals surface area contributed by atoms with E-state index in [1.807, 2.05) is 60.7 Å². The number of benzene rings is 2. The van der Waals surface area contributed by atoms with Crippen molar-refractivity contribution in [3.05, 3.63) is 90.1 Å². The molecule has 318 valence electrons. The number of pyridine rings is 1. The number of nitrogens with one attached hydrogen (secondary N) is 3. The van der Waals surface area contributed by atoms with Gasteiger partial charge in [-0.05, 0) is 60.3 Å². The van der Waals surface area contributed by atoms with Gasteiger partial charge in [0.2, 0.25) is 11.8 Å². The number of ether oxygens (including phenoxy) is 2. The van der Waals surface area contributed by atoms with E-state index in [0.29, 0.717) is 0 Å². The lowest BCUT2D eigenvalue weighted by atomic mass is 9.84. The highest BCUT2D eigenvalue weighted by Crippen LogP contribution is 2.38. The molecule has 0 fully saturated rings. The molecule has 4 amide bonds. The van der Waals surface area contributed by atoms with Crippen LogP contribution in [0.15, 0.2) is 79.0 Å². The maximum Gasteiger partial charge on any atom is 0.471 e. The Kier molecular flexibility index (Phi) is 17.0. The second-order valence-electron chi connectivity index (χ2n) is 16.3. The molecule has 6 atom stereocenters. The number of phosphoric ester groups is 1. The lowest BCUT2D eigenvalue weighted by Crippen LogP contribution is -2.59. The first-order valence-corrected chi connectivity index (χ1v) is 20.4. The minimum Gasteiger partial charge on any atom is -0.465 e. The Morgan fingerprint density at radius 1 is 0.810 bits per heavy atom. The van der Waals surface area contributed by atoms with E-state index in [2.05, 4.69) is 20.9 Å². The smallest absolute Gasteiger partial charge is 0.465 e. The van der Waals surface area contributed by atoms with Crippen molar-refractivity contribution in [2.24, 2.45) is 10.8 Å². The molecule has 0 spiro atoms. The summed E-state index contributed by atoms with van der Waals surface area (Å²) < 4.78 is 28.0. The van der Waals surface area contributed by atoms with Crippen LogP contribution in [0.4, 0.5) is 9.59 Å². The zero-order valence-corrected chi connectivity index (χ0v) is 35.4. The highest BCUT2D eigenvalue weighted by Gasteiger charge is 2.41. The van der Waals surface area contributed by atoms with Gasteiger partial charge in [0.1, 0.15) is 12.1 Å². The SMILES string of the molecule is COC(=O)N[C@H](C(=O)N[C@@H](Cc1ccc(-c2ccccn2)cc1)C[C@H](OC(C)OP(=O)(O)O)[C@H](Cc1ccccc1)NC(=O)[C@@H](N(C)C(=O)O)C(C)(C)C)C(C)(C)C. The molecule has 0 aliphatic carbocycles. The topological polar surface area (TPSA) is 226 Å². The van der Waals surface area contributed by atoms with Crippen molar-refractivity contribution in [1.29, 1.82) is 0 Å². The molecule has 0 bridgehead atoms. The number of carbonyl (C=O) groups is 4. The first-order chi connectivity index (χ1) is 27.0. The predicted molar refractivity (Wildman–Crippen MR) is 217 cm³/mol. The predicted octanol–water partition coefficient (Wildman–Crippen LogP) is 5.53. The fraction of sp³-hybridized carbons (Fsp3) is 0.488. The van der Waals surface area contributed by atoms with Gasteiger partial charge >= 0.3 is 20.0 Å². The van der Waals surface area contributed by atoms with Crippen molar-refractivity contribution in [3.63, 3.8) is 0 Å². The molecule has 3 rings (SSSR count). The number of hydrogen-bond acceptors (Lipinski definition) is 9. The van der Waals surface area contributed by atoms with Crippen LogP contribution in [0.25, 0.3) is 11.3 Å². The number of carbonyl (C=O) groups excluding carboxylic acids is 3. The van der Waals surface area contributed by atoms with Gasteiger partial charge in [0.25, 0.3) is 0 Å².